The Balaban J connectivity index is 1.94. The summed E-state index contributed by atoms with van der Waals surface area (Å²) in [5, 5.41) is 7.38. The zero-order valence-electron chi connectivity index (χ0n) is 6.75. The lowest BCUT2D eigenvalue weighted by molar-refractivity contribution is 0.914. The average molecular weight is 209 g/mol. The standard InChI is InChI=1S/C8H7N3S2/c1-2-4-7(5-3-1)6-12-8-9-10-11-13-8/h1-5H,6H2. The molecule has 0 aliphatic heterocycles. The van der Waals surface area contributed by atoms with Crippen molar-refractivity contribution in [1.29, 1.82) is 0 Å². The topological polar surface area (TPSA) is 38.7 Å². The van der Waals surface area contributed by atoms with Crippen molar-refractivity contribution in [1.82, 2.24) is 14.8 Å². The predicted octanol–water partition coefficient (Wildman–Crippen LogP) is 2.23. The van der Waals surface area contributed by atoms with Gasteiger partial charge in [0.2, 0.25) is 0 Å². The molecular formula is C8H7N3S2. The fourth-order valence-corrected chi connectivity index (χ4v) is 2.18. The molecule has 0 aliphatic rings. The van der Waals surface area contributed by atoms with Crippen molar-refractivity contribution in [3.05, 3.63) is 35.9 Å². The average Bonchev–Trinajstić information content (AvgIpc) is 2.69. The lowest BCUT2D eigenvalue weighted by atomic mass is 10.2. The van der Waals surface area contributed by atoms with Gasteiger partial charge in [0.1, 0.15) is 0 Å². The van der Waals surface area contributed by atoms with Crippen LogP contribution in [0.1, 0.15) is 5.56 Å². The molecule has 1 aromatic heterocycles. The summed E-state index contributed by atoms with van der Waals surface area (Å²) < 4.78 is 4.61. The van der Waals surface area contributed by atoms with Gasteiger partial charge in [0.05, 0.1) is 0 Å². The first-order valence-electron chi connectivity index (χ1n) is 3.77. The minimum Gasteiger partial charge on any atom is -0.110 e. The summed E-state index contributed by atoms with van der Waals surface area (Å²) in [4.78, 5) is 0. The molecule has 0 atom stereocenters. The minimum absolute atomic E-state index is 0.920. The summed E-state index contributed by atoms with van der Waals surface area (Å²) in [7, 11) is 0. The molecule has 0 bridgehead atoms. The van der Waals surface area contributed by atoms with Gasteiger partial charge >= 0.3 is 0 Å². The molecule has 1 heterocycles. The molecule has 0 amide bonds. The first-order chi connectivity index (χ1) is 6.45. The zero-order valence-corrected chi connectivity index (χ0v) is 8.38. The van der Waals surface area contributed by atoms with Crippen LogP contribution < -0.4 is 0 Å². The van der Waals surface area contributed by atoms with Gasteiger partial charge in [-0.1, -0.05) is 46.6 Å². The highest BCUT2D eigenvalue weighted by molar-refractivity contribution is 8.00. The van der Waals surface area contributed by atoms with Gasteiger partial charge < -0.3 is 0 Å². The Morgan fingerprint density at radius 3 is 2.77 bits per heavy atom. The van der Waals surface area contributed by atoms with Crippen LogP contribution in [-0.4, -0.2) is 14.8 Å². The minimum atomic E-state index is 0.920. The van der Waals surface area contributed by atoms with Crippen LogP contribution in [0.15, 0.2) is 34.7 Å². The Hall–Kier alpha value is -0.940. The lowest BCUT2D eigenvalue weighted by Gasteiger charge is -1.95. The Kier molecular flexibility index (Phi) is 2.89. The van der Waals surface area contributed by atoms with Gasteiger partial charge in [-0.15, -0.1) is 5.10 Å². The number of hydrogen-bond acceptors (Lipinski definition) is 5. The third kappa shape index (κ3) is 2.50. The smallest absolute Gasteiger partial charge is 0.110 e. The molecule has 2 rings (SSSR count). The molecule has 5 heteroatoms. The Bertz CT molecular complexity index is 347. The third-order valence-corrected chi connectivity index (χ3v) is 3.26. The molecule has 0 unspecified atom stereocenters. The van der Waals surface area contributed by atoms with E-state index < -0.39 is 0 Å². The molecule has 0 N–H and O–H groups in total. The van der Waals surface area contributed by atoms with E-state index in [9.17, 15) is 0 Å². The second kappa shape index (κ2) is 4.34. The maximum absolute atomic E-state index is 3.85. The van der Waals surface area contributed by atoms with Crippen LogP contribution in [0.25, 0.3) is 0 Å². The third-order valence-electron chi connectivity index (χ3n) is 1.49. The van der Waals surface area contributed by atoms with Crippen LogP contribution in [0.5, 0.6) is 0 Å². The fourth-order valence-electron chi connectivity index (χ4n) is 0.901. The molecule has 0 aliphatic carbocycles. The predicted molar refractivity (Wildman–Crippen MR) is 53.7 cm³/mol. The molecule has 0 radical (unpaired) electrons. The maximum atomic E-state index is 3.85. The Labute approximate surface area is 84.4 Å². The van der Waals surface area contributed by atoms with E-state index in [-0.39, 0.29) is 0 Å². The summed E-state index contributed by atoms with van der Waals surface area (Å²) >= 11 is 3.00. The summed E-state index contributed by atoms with van der Waals surface area (Å²) in [5.41, 5.74) is 1.29. The Morgan fingerprint density at radius 1 is 1.23 bits per heavy atom. The quantitative estimate of drug-likeness (QED) is 0.727. The summed E-state index contributed by atoms with van der Waals surface area (Å²) in [5.74, 6) is 0.928. The summed E-state index contributed by atoms with van der Waals surface area (Å²) in [6.07, 6.45) is 0. The second-order valence-electron chi connectivity index (χ2n) is 2.40. The van der Waals surface area contributed by atoms with Crippen LogP contribution in [0.2, 0.25) is 0 Å². The second-order valence-corrected chi connectivity index (χ2v) is 4.36. The highest BCUT2D eigenvalue weighted by Gasteiger charge is 1.98. The van der Waals surface area contributed by atoms with Crippen LogP contribution >= 0.6 is 23.3 Å². The monoisotopic (exact) mass is 209 g/mol. The van der Waals surface area contributed by atoms with E-state index in [0.717, 1.165) is 10.1 Å². The van der Waals surface area contributed by atoms with Crippen LogP contribution in [0, 0.1) is 0 Å². The molecule has 0 saturated carbocycles. The maximum Gasteiger partial charge on any atom is 0.194 e. The van der Waals surface area contributed by atoms with E-state index in [1.807, 2.05) is 18.2 Å². The highest BCUT2D eigenvalue weighted by Crippen LogP contribution is 2.21. The van der Waals surface area contributed by atoms with Crippen molar-refractivity contribution in [3.63, 3.8) is 0 Å². The molecule has 0 spiro atoms. The van der Waals surface area contributed by atoms with Crippen LogP contribution in [-0.2, 0) is 5.75 Å². The van der Waals surface area contributed by atoms with Gasteiger partial charge in [0.15, 0.2) is 4.34 Å². The molecule has 0 fully saturated rings. The van der Waals surface area contributed by atoms with E-state index >= 15 is 0 Å². The van der Waals surface area contributed by atoms with Gasteiger partial charge in [-0.3, -0.25) is 0 Å². The lowest BCUT2D eigenvalue weighted by Crippen LogP contribution is -1.78. The number of hydrogen-bond donors (Lipinski definition) is 0. The van der Waals surface area contributed by atoms with Crippen LogP contribution in [0.3, 0.4) is 0 Å². The number of thioether (sulfide) groups is 1. The van der Waals surface area contributed by atoms with Gasteiger partial charge in [-0.2, -0.15) is 0 Å². The number of aromatic nitrogens is 3. The van der Waals surface area contributed by atoms with Crippen molar-refractivity contribution >= 4 is 23.3 Å². The summed E-state index contributed by atoms with van der Waals surface area (Å²) in [6.45, 7) is 0. The van der Waals surface area contributed by atoms with Gasteiger partial charge in [-0.05, 0) is 10.8 Å². The molecular weight excluding hydrogens is 202 g/mol. The SMILES string of the molecule is c1ccc(CSc2nnns2)cc1. The molecule has 2 aromatic rings. The molecule has 0 saturated heterocycles. The molecule has 3 nitrogen and oxygen atoms in total. The number of benzene rings is 1. The first kappa shape index (κ1) is 8.65. The zero-order chi connectivity index (χ0) is 8.93. The van der Waals surface area contributed by atoms with Crippen molar-refractivity contribution in [2.75, 3.05) is 0 Å². The largest absolute Gasteiger partial charge is 0.194 e. The van der Waals surface area contributed by atoms with Gasteiger partial charge in [0, 0.05) is 17.3 Å². The van der Waals surface area contributed by atoms with E-state index in [2.05, 4.69) is 26.9 Å². The highest BCUT2D eigenvalue weighted by atomic mass is 32.2. The van der Waals surface area contributed by atoms with Crippen LogP contribution in [0.4, 0.5) is 0 Å². The van der Waals surface area contributed by atoms with Crippen molar-refractivity contribution in [2.45, 2.75) is 10.1 Å². The first-order valence-corrected chi connectivity index (χ1v) is 5.53. The van der Waals surface area contributed by atoms with Crippen molar-refractivity contribution in [2.24, 2.45) is 0 Å². The Morgan fingerprint density at radius 2 is 2.08 bits per heavy atom. The summed E-state index contributed by atoms with van der Waals surface area (Å²) in [6, 6.07) is 10.3. The van der Waals surface area contributed by atoms with Gasteiger partial charge in [-0.25, -0.2) is 0 Å². The number of nitrogens with zero attached hydrogens (tertiary/aromatic N) is 3. The van der Waals surface area contributed by atoms with E-state index in [1.165, 1.54) is 17.1 Å². The molecule has 66 valence electrons. The van der Waals surface area contributed by atoms with E-state index in [0.29, 0.717) is 0 Å². The molecule has 13 heavy (non-hydrogen) atoms. The fraction of sp³-hybridized carbons (Fsp3) is 0.125. The van der Waals surface area contributed by atoms with E-state index in [1.54, 1.807) is 11.8 Å². The van der Waals surface area contributed by atoms with Crippen molar-refractivity contribution < 1.29 is 0 Å². The number of rotatable bonds is 3. The molecule has 1 aromatic carbocycles. The normalized spacial score (nSPS) is 10.2. The van der Waals surface area contributed by atoms with E-state index in [4.69, 9.17) is 0 Å². The van der Waals surface area contributed by atoms with Gasteiger partial charge in [0.25, 0.3) is 0 Å². The van der Waals surface area contributed by atoms with Crippen molar-refractivity contribution in [3.8, 4) is 0 Å².